The fraction of sp³-hybridized carbons (Fsp3) is 0.381. The molecule has 8 heteroatoms. The summed E-state index contributed by atoms with van der Waals surface area (Å²) in [5, 5.41) is 2.75. The second kappa shape index (κ2) is 9.39. The van der Waals surface area contributed by atoms with Crippen molar-refractivity contribution >= 4 is 15.9 Å². The summed E-state index contributed by atoms with van der Waals surface area (Å²) in [6.07, 6.45) is -0.145. The Bertz CT molecular complexity index is 933. The van der Waals surface area contributed by atoms with Crippen LogP contribution in [0, 0.1) is 6.92 Å². The first kappa shape index (κ1) is 21.3. The van der Waals surface area contributed by atoms with Crippen LogP contribution in [0.2, 0.25) is 0 Å². The van der Waals surface area contributed by atoms with Crippen molar-refractivity contribution in [3.05, 3.63) is 60.2 Å². The minimum atomic E-state index is -3.86. The molecule has 2 aromatic rings. The number of methoxy groups -OCH3 is 1. The van der Waals surface area contributed by atoms with E-state index in [2.05, 4.69) is 5.32 Å². The minimum Gasteiger partial charge on any atom is -0.489 e. The summed E-state index contributed by atoms with van der Waals surface area (Å²) in [5.41, 5.74) is 0.637. The highest BCUT2D eigenvalue weighted by atomic mass is 32.2. The van der Waals surface area contributed by atoms with Crippen LogP contribution in [0.1, 0.15) is 12.0 Å². The Hall–Kier alpha value is -2.42. The summed E-state index contributed by atoms with van der Waals surface area (Å²) in [4.78, 5) is 13.0. The molecule has 1 N–H and O–H groups in total. The van der Waals surface area contributed by atoms with Crippen LogP contribution in [0.15, 0.2) is 59.5 Å². The van der Waals surface area contributed by atoms with Crippen LogP contribution in [0.5, 0.6) is 5.75 Å². The van der Waals surface area contributed by atoms with Gasteiger partial charge < -0.3 is 14.8 Å². The molecule has 7 nitrogen and oxygen atoms in total. The molecule has 1 fully saturated rings. The first-order valence-electron chi connectivity index (χ1n) is 9.49. The Morgan fingerprint density at radius 3 is 2.52 bits per heavy atom. The van der Waals surface area contributed by atoms with Crippen molar-refractivity contribution < 1.29 is 22.7 Å². The summed E-state index contributed by atoms with van der Waals surface area (Å²) in [6.45, 7) is 2.52. The third-order valence-corrected chi connectivity index (χ3v) is 6.89. The van der Waals surface area contributed by atoms with Gasteiger partial charge in [0, 0.05) is 20.1 Å². The molecule has 3 rings (SSSR count). The lowest BCUT2D eigenvalue weighted by atomic mass is 10.2. The number of sulfonamides is 1. The van der Waals surface area contributed by atoms with Gasteiger partial charge in [0.1, 0.15) is 17.9 Å². The fourth-order valence-corrected chi connectivity index (χ4v) is 5.27. The highest BCUT2D eigenvalue weighted by Crippen LogP contribution is 2.30. The number of nitrogens with zero attached hydrogens (tertiary/aromatic N) is 1. The summed E-state index contributed by atoms with van der Waals surface area (Å²) in [5.74, 6) is 0.296. The number of carbonyl (C=O) groups excluding carboxylic acids is 1. The van der Waals surface area contributed by atoms with Crippen molar-refractivity contribution in [2.75, 3.05) is 26.8 Å². The van der Waals surface area contributed by atoms with E-state index in [0.717, 1.165) is 0 Å². The predicted molar refractivity (Wildman–Crippen MR) is 109 cm³/mol. The van der Waals surface area contributed by atoms with Crippen LogP contribution in [0.3, 0.4) is 0 Å². The average molecular weight is 419 g/mol. The van der Waals surface area contributed by atoms with Gasteiger partial charge in [-0.25, -0.2) is 8.42 Å². The number of nitrogens with one attached hydrogen (secondary N) is 1. The topological polar surface area (TPSA) is 84.9 Å². The minimum absolute atomic E-state index is 0.105. The Kier molecular flexibility index (Phi) is 6.89. The van der Waals surface area contributed by atoms with E-state index in [1.165, 1.54) is 4.31 Å². The lowest BCUT2D eigenvalue weighted by Crippen LogP contribution is -2.46. The van der Waals surface area contributed by atoms with Crippen molar-refractivity contribution in [3.63, 3.8) is 0 Å². The van der Waals surface area contributed by atoms with Gasteiger partial charge in [-0.1, -0.05) is 36.4 Å². The van der Waals surface area contributed by atoms with Gasteiger partial charge in [0.25, 0.3) is 0 Å². The summed E-state index contributed by atoms with van der Waals surface area (Å²) < 4.78 is 38.9. The van der Waals surface area contributed by atoms with Crippen LogP contribution in [-0.4, -0.2) is 57.6 Å². The van der Waals surface area contributed by atoms with Crippen molar-refractivity contribution in [1.29, 1.82) is 0 Å². The number of benzene rings is 2. The first-order valence-corrected chi connectivity index (χ1v) is 10.9. The van der Waals surface area contributed by atoms with Crippen LogP contribution in [0.4, 0.5) is 0 Å². The second-order valence-corrected chi connectivity index (χ2v) is 8.79. The molecule has 1 aliphatic rings. The number of rotatable bonds is 8. The molecule has 0 radical (unpaired) electrons. The van der Waals surface area contributed by atoms with E-state index in [1.807, 2.05) is 30.3 Å². The number of aryl methyl sites for hydroxylation is 1. The molecule has 1 saturated heterocycles. The zero-order valence-electron chi connectivity index (χ0n) is 16.6. The van der Waals surface area contributed by atoms with E-state index in [1.54, 1.807) is 38.3 Å². The highest BCUT2D eigenvalue weighted by Gasteiger charge is 2.45. The van der Waals surface area contributed by atoms with E-state index in [0.29, 0.717) is 24.5 Å². The molecule has 0 spiro atoms. The van der Waals surface area contributed by atoms with E-state index in [4.69, 9.17) is 9.47 Å². The average Bonchev–Trinajstić information content (AvgIpc) is 3.14. The number of hydrogen-bond donors (Lipinski definition) is 1. The van der Waals surface area contributed by atoms with Gasteiger partial charge in [-0.05, 0) is 30.7 Å². The molecule has 1 heterocycles. The van der Waals surface area contributed by atoms with Gasteiger partial charge in [-0.2, -0.15) is 4.31 Å². The Morgan fingerprint density at radius 1 is 1.14 bits per heavy atom. The Morgan fingerprint density at radius 2 is 1.83 bits per heavy atom. The maximum Gasteiger partial charge on any atom is 0.244 e. The van der Waals surface area contributed by atoms with Crippen molar-refractivity contribution in [2.45, 2.75) is 30.4 Å². The highest BCUT2D eigenvalue weighted by molar-refractivity contribution is 7.89. The van der Waals surface area contributed by atoms with E-state index >= 15 is 0 Å². The third kappa shape index (κ3) is 4.95. The summed E-state index contributed by atoms with van der Waals surface area (Å²) >= 11 is 0. The molecule has 2 unspecified atom stereocenters. The normalized spacial score (nSPS) is 19.8. The predicted octanol–water partition coefficient (Wildman–Crippen LogP) is 1.97. The van der Waals surface area contributed by atoms with Crippen LogP contribution < -0.4 is 10.1 Å². The van der Waals surface area contributed by atoms with Gasteiger partial charge in [-0.15, -0.1) is 0 Å². The SMILES string of the molecule is COCCNC(=O)C1CC(Oc2ccccc2)CN1S(=O)(=O)c1ccccc1C. The Balaban J connectivity index is 1.86. The van der Waals surface area contributed by atoms with Crippen LogP contribution >= 0.6 is 0 Å². The maximum absolute atomic E-state index is 13.4. The van der Waals surface area contributed by atoms with Gasteiger partial charge in [0.15, 0.2) is 0 Å². The quantitative estimate of drug-likeness (QED) is 0.663. The third-order valence-electron chi connectivity index (χ3n) is 4.85. The number of hydrogen-bond acceptors (Lipinski definition) is 5. The van der Waals surface area contributed by atoms with Gasteiger partial charge in [0.2, 0.25) is 15.9 Å². The van der Waals surface area contributed by atoms with Crippen molar-refractivity contribution in [1.82, 2.24) is 9.62 Å². The van der Waals surface area contributed by atoms with Crippen molar-refractivity contribution in [2.24, 2.45) is 0 Å². The lowest BCUT2D eigenvalue weighted by Gasteiger charge is -2.23. The van der Waals surface area contributed by atoms with Gasteiger partial charge in [-0.3, -0.25) is 4.79 Å². The number of carbonyl (C=O) groups is 1. The molecule has 2 atom stereocenters. The zero-order valence-corrected chi connectivity index (χ0v) is 17.4. The molecular weight excluding hydrogens is 392 g/mol. The molecule has 1 amide bonds. The molecule has 0 aromatic heterocycles. The molecule has 0 aliphatic carbocycles. The van der Waals surface area contributed by atoms with E-state index in [9.17, 15) is 13.2 Å². The monoisotopic (exact) mass is 418 g/mol. The molecule has 0 saturated carbocycles. The van der Waals surface area contributed by atoms with Crippen molar-refractivity contribution in [3.8, 4) is 5.75 Å². The van der Waals surface area contributed by atoms with Gasteiger partial charge >= 0.3 is 0 Å². The molecule has 2 aromatic carbocycles. The van der Waals surface area contributed by atoms with Crippen LogP contribution in [-0.2, 0) is 19.6 Å². The molecule has 0 bridgehead atoms. The summed E-state index contributed by atoms with van der Waals surface area (Å²) in [7, 11) is -2.32. The smallest absolute Gasteiger partial charge is 0.244 e. The first-order chi connectivity index (χ1) is 13.9. The maximum atomic E-state index is 13.4. The van der Waals surface area contributed by atoms with Gasteiger partial charge in [0.05, 0.1) is 18.0 Å². The largest absolute Gasteiger partial charge is 0.489 e. The van der Waals surface area contributed by atoms with E-state index < -0.39 is 22.2 Å². The molecule has 156 valence electrons. The second-order valence-electron chi connectivity index (χ2n) is 6.93. The molecular formula is C21H26N2O5S. The fourth-order valence-electron chi connectivity index (χ4n) is 3.42. The standard InChI is InChI=1S/C21H26N2O5S/c1-16-8-6-7-11-20(16)29(25,26)23-15-18(28-17-9-4-3-5-10-17)14-19(23)21(24)22-12-13-27-2/h3-11,18-19H,12-15H2,1-2H3,(H,22,24). The number of ether oxygens (including phenoxy) is 2. The Labute approximate surface area is 171 Å². The molecule has 1 aliphatic heterocycles. The van der Waals surface area contributed by atoms with E-state index in [-0.39, 0.29) is 23.8 Å². The van der Waals surface area contributed by atoms with Crippen LogP contribution in [0.25, 0.3) is 0 Å². The lowest BCUT2D eigenvalue weighted by molar-refractivity contribution is -0.124. The summed E-state index contributed by atoms with van der Waals surface area (Å²) in [6, 6.07) is 15.1. The zero-order chi connectivity index (χ0) is 20.9. The number of amides is 1. The molecule has 29 heavy (non-hydrogen) atoms. The number of para-hydroxylation sites is 1.